The highest BCUT2D eigenvalue weighted by molar-refractivity contribution is 5.94. The van der Waals surface area contributed by atoms with Gasteiger partial charge in [-0.1, -0.05) is 13.8 Å². The summed E-state index contributed by atoms with van der Waals surface area (Å²) in [6.07, 6.45) is 1.17. The maximum atomic E-state index is 12.8. The van der Waals surface area contributed by atoms with E-state index in [4.69, 9.17) is 4.74 Å². The van der Waals surface area contributed by atoms with Crippen molar-refractivity contribution in [3.8, 4) is 0 Å². The molecule has 0 fully saturated rings. The summed E-state index contributed by atoms with van der Waals surface area (Å²) < 4.78 is 7.10. The highest BCUT2D eigenvalue weighted by Gasteiger charge is 2.31. The molecule has 0 saturated heterocycles. The molecule has 0 bridgehead atoms. The van der Waals surface area contributed by atoms with Crippen molar-refractivity contribution < 1.29 is 14.3 Å². The minimum Gasteiger partial charge on any atom is -0.444 e. The average Bonchev–Trinajstić information content (AvgIpc) is 2.95. The molecule has 28 heavy (non-hydrogen) atoms. The monoisotopic (exact) mass is 393 g/mol. The fourth-order valence-electron chi connectivity index (χ4n) is 3.40. The van der Waals surface area contributed by atoms with Crippen molar-refractivity contribution in [3.63, 3.8) is 0 Å². The zero-order valence-corrected chi connectivity index (χ0v) is 18.2. The number of rotatable bonds is 7. The number of amides is 2. The molecule has 0 atom stereocenters. The van der Waals surface area contributed by atoms with Crippen LogP contribution in [0, 0.1) is 0 Å². The van der Waals surface area contributed by atoms with Crippen LogP contribution in [0.15, 0.2) is 0 Å². The van der Waals surface area contributed by atoms with Crippen LogP contribution < -0.4 is 5.32 Å². The van der Waals surface area contributed by atoms with E-state index in [1.165, 1.54) is 0 Å². The average molecular weight is 394 g/mol. The molecular weight excluding hydrogens is 358 g/mol. The van der Waals surface area contributed by atoms with Gasteiger partial charge in [-0.3, -0.25) is 9.48 Å². The maximum absolute atomic E-state index is 12.8. The van der Waals surface area contributed by atoms with Gasteiger partial charge >= 0.3 is 6.09 Å². The molecule has 2 rings (SSSR count). The molecule has 1 aliphatic heterocycles. The SMILES string of the molecule is CCN(CC)CCCNC(=O)c1c2c(nn1C)CCN(C(=O)OC(C)(C)C)C2. The van der Waals surface area contributed by atoms with E-state index in [2.05, 4.69) is 29.2 Å². The number of ether oxygens (including phenoxy) is 1. The van der Waals surface area contributed by atoms with Gasteiger partial charge in [0.2, 0.25) is 0 Å². The fourth-order valence-corrected chi connectivity index (χ4v) is 3.40. The van der Waals surface area contributed by atoms with Gasteiger partial charge in [0, 0.05) is 32.1 Å². The Bertz CT molecular complexity index is 689. The third-order valence-electron chi connectivity index (χ3n) is 4.89. The third-order valence-corrected chi connectivity index (χ3v) is 4.89. The first kappa shape index (κ1) is 22.2. The standard InChI is InChI=1S/C20H35N5O3/c1-7-24(8-2)12-9-11-21-18(26)17-15-14-25(19(27)28-20(3,4)5)13-10-16(15)22-23(17)6/h7-14H2,1-6H3,(H,21,26). The highest BCUT2D eigenvalue weighted by Crippen LogP contribution is 2.23. The smallest absolute Gasteiger partial charge is 0.410 e. The number of nitrogens with zero attached hydrogens (tertiary/aromatic N) is 4. The molecule has 158 valence electrons. The van der Waals surface area contributed by atoms with Gasteiger partial charge in [0.15, 0.2) is 0 Å². The lowest BCUT2D eigenvalue weighted by Gasteiger charge is -2.29. The van der Waals surface area contributed by atoms with E-state index in [1.54, 1.807) is 16.6 Å². The molecule has 1 N–H and O–H groups in total. The van der Waals surface area contributed by atoms with Gasteiger partial charge in [0.25, 0.3) is 5.91 Å². The molecule has 8 nitrogen and oxygen atoms in total. The van der Waals surface area contributed by atoms with Crippen LogP contribution in [0.4, 0.5) is 4.79 Å². The number of hydrogen-bond donors (Lipinski definition) is 1. The second kappa shape index (κ2) is 9.41. The molecule has 0 unspecified atom stereocenters. The van der Waals surface area contributed by atoms with E-state index >= 15 is 0 Å². The molecule has 0 aliphatic carbocycles. The lowest BCUT2D eigenvalue weighted by Crippen LogP contribution is -2.40. The number of aryl methyl sites for hydroxylation is 1. The molecule has 1 aromatic heterocycles. The lowest BCUT2D eigenvalue weighted by atomic mass is 10.1. The van der Waals surface area contributed by atoms with Gasteiger partial charge in [-0.25, -0.2) is 4.79 Å². The second-order valence-electron chi connectivity index (χ2n) is 8.19. The number of nitrogens with one attached hydrogen (secondary N) is 1. The Morgan fingerprint density at radius 2 is 1.93 bits per heavy atom. The van der Waals surface area contributed by atoms with Gasteiger partial charge in [-0.05, 0) is 46.8 Å². The first-order valence-electron chi connectivity index (χ1n) is 10.2. The molecule has 2 heterocycles. The molecule has 1 aromatic rings. The van der Waals surface area contributed by atoms with Crippen molar-refractivity contribution >= 4 is 12.0 Å². The van der Waals surface area contributed by atoms with Crippen LogP contribution in [0.5, 0.6) is 0 Å². The Hall–Kier alpha value is -2.09. The van der Waals surface area contributed by atoms with E-state index in [0.717, 1.165) is 37.3 Å². The van der Waals surface area contributed by atoms with Crippen LogP contribution in [0.2, 0.25) is 0 Å². The van der Waals surface area contributed by atoms with Crippen molar-refractivity contribution in [1.29, 1.82) is 0 Å². The predicted molar refractivity (Wildman–Crippen MR) is 108 cm³/mol. The summed E-state index contributed by atoms with van der Waals surface area (Å²) in [5.74, 6) is -0.137. The van der Waals surface area contributed by atoms with E-state index in [-0.39, 0.29) is 12.0 Å². The first-order valence-corrected chi connectivity index (χ1v) is 10.2. The Morgan fingerprint density at radius 1 is 1.25 bits per heavy atom. The molecular formula is C20H35N5O3. The summed E-state index contributed by atoms with van der Waals surface area (Å²) in [4.78, 5) is 29.2. The minimum atomic E-state index is -0.544. The molecule has 0 saturated carbocycles. The zero-order valence-electron chi connectivity index (χ0n) is 18.2. The topological polar surface area (TPSA) is 79.7 Å². The van der Waals surface area contributed by atoms with Crippen LogP contribution in [-0.2, 0) is 24.8 Å². The molecule has 1 aliphatic rings. The van der Waals surface area contributed by atoms with E-state index < -0.39 is 5.60 Å². The van der Waals surface area contributed by atoms with Crippen LogP contribution >= 0.6 is 0 Å². The van der Waals surface area contributed by atoms with Gasteiger partial charge < -0.3 is 19.9 Å². The third kappa shape index (κ3) is 5.70. The van der Waals surface area contributed by atoms with E-state index in [9.17, 15) is 9.59 Å². The normalized spacial score (nSPS) is 14.2. The number of carbonyl (C=O) groups is 2. The maximum Gasteiger partial charge on any atom is 0.410 e. The molecule has 0 aromatic carbocycles. The highest BCUT2D eigenvalue weighted by atomic mass is 16.6. The molecule has 0 radical (unpaired) electrons. The van der Waals surface area contributed by atoms with Gasteiger partial charge in [-0.2, -0.15) is 5.10 Å². The number of fused-ring (bicyclic) bond motifs is 1. The van der Waals surface area contributed by atoms with Gasteiger partial charge in [-0.15, -0.1) is 0 Å². The summed E-state index contributed by atoms with van der Waals surface area (Å²) in [6, 6.07) is 0. The van der Waals surface area contributed by atoms with Gasteiger partial charge in [0.1, 0.15) is 11.3 Å². The first-order chi connectivity index (χ1) is 13.2. The van der Waals surface area contributed by atoms with Crippen LogP contribution in [0.1, 0.15) is 62.8 Å². The van der Waals surface area contributed by atoms with Crippen molar-refractivity contribution in [2.24, 2.45) is 7.05 Å². The summed E-state index contributed by atoms with van der Waals surface area (Å²) in [5, 5.41) is 7.49. The Morgan fingerprint density at radius 3 is 2.54 bits per heavy atom. The largest absolute Gasteiger partial charge is 0.444 e. The van der Waals surface area contributed by atoms with Crippen LogP contribution in [-0.4, -0.2) is 69.9 Å². The van der Waals surface area contributed by atoms with Gasteiger partial charge in [0.05, 0.1) is 12.2 Å². The number of aromatic nitrogens is 2. The van der Waals surface area contributed by atoms with Crippen LogP contribution in [0.3, 0.4) is 0 Å². The number of carbonyl (C=O) groups excluding carboxylic acids is 2. The number of hydrogen-bond acceptors (Lipinski definition) is 5. The predicted octanol–water partition coefficient (Wildman–Crippen LogP) is 2.17. The molecule has 8 heteroatoms. The van der Waals surface area contributed by atoms with E-state index in [1.807, 2.05) is 20.8 Å². The van der Waals surface area contributed by atoms with Crippen LogP contribution in [0.25, 0.3) is 0 Å². The summed E-state index contributed by atoms with van der Waals surface area (Å²) in [7, 11) is 1.78. The quantitative estimate of drug-likeness (QED) is 0.718. The van der Waals surface area contributed by atoms with Crippen molar-refractivity contribution in [1.82, 2.24) is 24.9 Å². The lowest BCUT2D eigenvalue weighted by molar-refractivity contribution is 0.0222. The minimum absolute atomic E-state index is 0.137. The summed E-state index contributed by atoms with van der Waals surface area (Å²) >= 11 is 0. The molecule has 0 spiro atoms. The van der Waals surface area contributed by atoms with Crippen molar-refractivity contribution in [2.45, 2.75) is 59.6 Å². The van der Waals surface area contributed by atoms with Crippen molar-refractivity contribution in [3.05, 3.63) is 17.0 Å². The second-order valence-corrected chi connectivity index (χ2v) is 8.19. The molecule has 2 amide bonds. The zero-order chi connectivity index (χ0) is 20.9. The van der Waals surface area contributed by atoms with E-state index in [0.29, 0.717) is 31.7 Å². The van der Waals surface area contributed by atoms with Crippen molar-refractivity contribution in [2.75, 3.05) is 32.7 Å². The Labute approximate surface area is 168 Å². The fraction of sp³-hybridized carbons (Fsp3) is 0.750. The Balaban J connectivity index is 2.01. The summed E-state index contributed by atoms with van der Waals surface area (Å²) in [5.41, 5.74) is 1.69. The summed E-state index contributed by atoms with van der Waals surface area (Å²) in [6.45, 7) is 14.3. The Kier molecular flexibility index (Phi) is 7.46.